The van der Waals surface area contributed by atoms with Crippen LogP contribution in [0.25, 0.3) is 11.4 Å². The molecule has 1 aromatic carbocycles. The number of nitrogens with zero attached hydrogens (tertiary/aromatic N) is 5. The summed E-state index contributed by atoms with van der Waals surface area (Å²) >= 11 is 0. The minimum absolute atomic E-state index is 0.0316. The Balaban J connectivity index is 1.50. The first-order valence-corrected chi connectivity index (χ1v) is 12.7. The van der Waals surface area contributed by atoms with Gasteiger partial charge in [-0.3, -0.25) is 4.79 Å². The van der Waals surface area contributed by atoms with Crippen LogP contribution in [0.2, 0.25) is 0 Å². The summed E-state index contributed by atoms with van der Waals surface area (Å²) in [5.41, 5.74) is 4.57. The average molecular weight is 504 g/mol. The fraction of sp³-hybridized carbons (Fsp3) is 0.407. The van der Waals surface area contributed by atoms with Gasteiger partial charge < -0.3 is 29.7 Å². The Morgan fingerprint density at radius 3 is 2.70 bits per heavy atom. The van der Waals surface area contributed by atoms with Gasteiger partial charge in [-0.25, -0.2) is 14.8 Å². The molecule has 2 amide bonds. The van der Waals surface area contributed by atoms with Crippen molar-refractivity contribution in [2.75, 3.05) is 48.0 Å². The fourth-order valence-electron chi connectivity index (χ4n) is 4.81. The molecule has 0 unspecified atom stereocenters. The Kier molecular flexibility index (Phi) is 7.09. The molecule has 10 nitrogen and oxygen atoms in total. The zero-order valence-electron chi connectivity index (χ0n) is 21.5. The number of carbonyl (C=O) groups is 1. The molecule has 2 aliphatic rings. The monoisotopic (exact) mass is 503 g/mol. The van der Waals surface area contributed by atoms with Gasteiger partial charge in [-0.15, -0.1) is 0 Å². The summed E-state index contributed by atoms with van der Waals surface area (Å²) in [5.74, 6) is 1.60. The number of hydrogen-bond acceptors (Lipinski definition) is 7. The van der Waals surface area contributed by atoms with E-state index in [4.69, 9.17) is 14.7 Å². The average Bonchev–Trinajstić information content (AvgIpc) is 2.90. The molecule has 0 bridgehead atoms. The van der Waals surface area contributed by atoms with Gasteiger partial charge in [0.1, 0.15) is 5.82 Å². The molecule has 3 aromatic rings. The third kappa shape index (κ3) is 5.29. The lowest BCUT2D eigenvalue weighted by Crippen LogP contribution is -2.45. The number of hydrogen-bond donors (Lipinski definition) is 2. The number of pyridine rings is 1. The van der Waals surface area contributed by atoms with E-state index in [1.54, 1.807) is 23.9 Å². The molecular formula is C27H33N7O3. The molecule has 2 N–H and O–H groups in total. The van der Waals surface area contributed by atoms with Crippen molar-refractivity contribution in [2.45, 2.75) is 32.9 Å². The smallest absolute Gasteiger partial charge is 0.319 e. The highest BCUT2D eigenvalue weighted by Gasteiger charge is 2.29. The van der Waals surface area contributed by atoms with Crippen LogP contribution >= 0.6 is 0 Å². The summed E-state index contributed by atoms with van der Waals surface area (Å²) in [6, 6.07) is 11.2. The zero-order chi connectivity index (χ0) is 25.9. The maximum absolute atomic E-state index is 12.3. The molecule has 5 rings (SSSR count). The van der Waals surface area contributed by atoms with Crippen LogP contribution in [0.3, 0.4) is 0 Å². The van der Waals surface area contributed by atoms with Gasteiger partial charge in [0, 0.05) is 61.4 Å². The number of aromatic nitrogens is 3. The number of nitrogens with one attached hydrogen (secondary N) is 2. The van der Waals surface area contributed by atoms with Crippen LogP contribution in [0.5, 0.6) is 0 Å². The lowest BCUT2D eigenvalue weighted by atomic mass is 10.0. The summed E-state index contributed by atoms with van der Waals surface area (Å²) in [4.78, 5) is 38.7. The molecule has 37 heavy (non-hydrogen) atoms. The molecule has 0 spiro atoms. The molecule has 194 valence electrons. The first kappa shape index (κ1) is 24.8. The van der Waals surface area contributed by atoms with Crippen molar-refractivity contribution >= 4 is 23.2 Å². The van der Waals surface area contributed by atoms with Crippen LogP contribution in [0.15, 0.2) is 47.4 Å². The SMILES string of the molecule is CCNC(=O)Nc1ccc(-c2nc3c(c(N4CCOC[C@@H]4C)n2)CCN(c2ccn(C)c(=O)c2)C3)cc1. The summed E-state index contributed by atoms with van der Waals surface area (Å²) in [5, 5.41) is 5.56. The Morgan fingerprint density at radius 2 is 1.97 bits per heavy atom. The molecule has 1 atom stereocenters. The number of benzene rings is 1. The van der Waals surface area contributed by atoms with Crippen LogP contribution in [0, 0.1) is 0 Å². The first-order valence-electron chi connectivity index (χ1n) is 12.7. The topological polar surface area (TPSA) is 105 Å². The minimum atomic E-state index is -0.236. The van der Waals surface area contributed by atoms with Gasteiger partial charge in [0.2, 0.25) is 0 Å². The highest BCUT2D eigenvalue weighted by atomic mass is 16.5. The predicted octanol–water partition coefficient (Wildman–Crippen LogP) is 2.77. The number of rotatable bonds is 5. The van der Waals surface area contributed by atoms with E-state index in [0.717, 1.165) is 47.8 Å². The third-order valence-electron chi connectivity index (χ3n) is 6.87. The summed E-state index contributed by atoms with van der Waals surface area (Å²) in [7, 11) is 1.75. The molecule has 2 aliphatic heterocycles. The van der Waals surface area contributed by atoms with Crippen LogP contribution in [0.1, 0.15) is 25.1 Å². The van der Waals surface area contributed by atoms with E-state index in [9.17, 15) is 9.59 Å². The molecular weight excluding hydrogens is 470 g/mol. The zero-order valence-corrected chi connectivity index (χ0v) is 21.5. The number of ether oxygens (including phenoxy) is 1. The van der Waals surface area contributed by atoms with Gasteiger partial charge in [0.25, 0.3) is 5.56 Å². The van der Waals surface area contributed by atoms with Gasteiger partial charge in [-0.05, 0) is 50.6 Å². The number of morpholine rings is 1. The molecule has 4 heterocycles. The van der Waals surface area contributed by atoms with Crippen LogP contribution in [-0.4, -0.2) is 59.5 Å². The van der Waals surface area contributed by atoms with Crippen LogP contribution in [0.4, 0.5) is 22.0 Å². The van der Waals surface area contributed by atoms with Crippen molar-refractivity contribution in [2.24, 2.45) is 7.05 Å². The van der Waals surface area contributed by atoms with Gasteiger partial charge in [-0.2, -0.15) is 0 Å². The lowest BCUT2D eigenvalue weighted by Gasteiger charge is -2.38. The van der Waals surface area contributed by atoms with E-state index in [1.807, 2.05) is 37.3 Å². The number of carbonyl (C=O) groups excluding carboxylic acids is 1. The van der Waals surface area contributed by atoms with Crippen LogP contribution < -0.4 is 26.0 Å². The van der Waals surface area contributed by atoms with Crippen molar-refractivity contribution in [3.63, 3.8) is 0 Å². The third-order valence-corrected chi connectivity index (χ3v) is 6.87. The van der Waals surface area contributed by atoms with E-state index in [2.05, 4.69) is 27.4 Å². The Morgan fingerprint density at radius 1 is 1.16 bits per heavy atom. The number of anilines is 3. The number of aryl methyl sites for hydroxylation is 1. The Hall–Kier alpha value is -3.92. The van der Waals surface area contributed by atoms with E-state index < -0.39 is 0 Å². The highest BCUT2D eigenvalue weighted by Crippen LogP contribution is 2.33. The molecule has 0 saturated carbocycles. The van der Waals surface area contributed by atoms with Crippen molar-refractivity contribution in [1.29, 1.82) is 0 Å². The predicted molar refractivity (Wildman–Crippen MR) is 144 cm³/mol. The van der Waals surface area contributed by atoms with Crippen molar-refractivity contribution in [3.05, 3.63) is 64.2 Å². The maximum atomic E-state index is 12.3. The number of amides is 2. The largest absolute Gasteiger partial charge is 0.377 e. The lowest BCUT2D eigenvalue weighted by molar-refractivity contribution is 0.0984. The molecule has 10 heteroatoms. The van der Waals surface area contributed by atoms with Crippen molar-refractivity contribution < 1.29 is 9.53 Å². The van der Waals surface area contributed by atoms with Crippen molar-refractivity contribution in [1.82, 2.24) is 19.9 Å². The number of fused-ring (bicyclic) bond motifs is 1. The highest BCUT2D eigenvalue weighted by molar-refractivity contribution is 5.89. The van der Waals surface area contributed by atoms with E-state index in [0.29, 0.717) is 37.8 Å². The molecule has 0 radical (unpaired) electrons. The quantitative estimate of drug-likeness (QED) is 0.552. The second-order valence-electron chi connectivity index (χ2n) is 9.48. The van der Waals surface area contributed by atoms with Gasteiger partial charge in [0.15, 0.2) is 5.82 Å². The van der Waals surface area contributed by atoms with Gasteiger partial charge >= 0.3 is 6.03 Å². The van der Waals surface area contributed by atoms with Crippen molar-refractivity contribution in [3.8, 4) is 11.4 Å². The first-order chi connectivity index (χ1) is 17.9. The summed E-state index contributed by atoms with van der Waals surface area (Å²) in [6.45, 7) is 8.08. The second-order valence-corrected chi connectivity index (χ2v) is 9.48. The van der Waals surface area contributed by atoms with E-state index >= 15 is 0 Å². The standard InChI is InChI=1S/C27H33N7O3/c1-4-28-27(36)29-20-7-5-19(6-8-20)25-30-23-16-33(21-9-11-32(3)24(35)15-21)12-10-22(23)26(31-25)34-13-14-37-17-18(34)2/h5-9,11,15,18H,4,10,12-14,16-17H2,1-3H3,(H2,28,29,36)/t18-/m0/s1. The molecule has 2 aromatic heterocycles. The number of urea groups is 1. The van der Waals surface area contributed by atoms with E-state index in [-0.39, 0.29) is 17.6 Å². The minimum Gasteiger partial charge on any atom is -0.377 e. The van der Waals surface area contributed by atoms with Gasteiger partial charge in [0.05, 0.1) is 31.5 Å². The van der Waals surface area contributed by atoms with Gasteiger partial charge in [-0.1, -0.05) is 0 Å². The second kappa shape index (κ2) is 10.6. The molecule has 1 saturated heterocycles. The molecule has 1 fully saturated rings. The Bertz CT molecular complexity index is 1340. The Labute approximate surface area is 216 Å². The fourth-order valence-corrected chi connectivity index (χ4v) is 4.81. The summed E-state index contributed by atoms with van der Waals surface area (Å²) in [6.07, 6.45) is 2.59. The maximum Gasteiger partial charge on any atom is 0.319 e. The molecule has 0 aliphatic carbocycles. The van der Waals surface area contributed by atoms with E-state index in [1.165, 1.54) is 0 Å². The van der Waals surface area contributed by atoms with Crippen LogP contribution in [-0.2, 0) is 24.8 Å². The normalized spacial score (nSPS) is 17.3. The summed E-state index contributed by atoms with van der Waals surface area (Å²) < 4.78 is 7.26.